The van der Waals surface area contributed by atoms with Gasteiger partial charge in [0.25, 0.3) is 17.5 Å². The van der Waals surface area contributed by atoms with Gasteiger partial charge in [-0.15, -0.1) is 0 Å². The average Bonchev–Trinajstić information content (AvgIpc) is 2.98. The lowest BCUT2D eigenvalue weighted by atomic mass is 10.1. The van der Waals surface area contributed by atoms with Crippen LogP contribution in [0.5, 0.6) is 11.5 Å². The van der Waals surface area contributed by atoms with Gasteiger partial charge in [0.15, 0.2) is 0 Å². The number of rotatable bonds is 5. The van der Waals surface area contributed by atoms with Crippen LogP contribution in [0.15, 0.2) is 54.6 Å². The lowest BCUT2D eigenvalue weighted by molar-refractivity contribution is -0.385. The molecular formula is C21H14N2O7. The van der Waals surface area contributed by atoms with E-state index in [9.17, 15) is 24.5 Å². The van der Waals surface area contributed by atoms with Crippen molar-refractivity contribution in [3.63, 3.8) is 0 Å². The number of fused-ring (bicyclic) bond motifs is 2. The maximum Gasteiger partial charge on any atom is 0.331 e. The summed E-state index contributed by atoms with van der Waals surface area (Å²) in [5.74, 6) is -1.67. The van der Waals surface area contributed by atoms with Gasteiger partial charge in [-0.2, -0.15) is 0 Å². The van der Waals surface area contributed by atoms with Crippen molar-refractivity contribution in [2.24, 2.45) is 0 Å². The highest BCUT2D eigenvalue weighted by molar-refractivity contribution is 6.24. The van der Waals surface area contributed by atoms with Crippen molar-refractivity contribution in [3.8, 4) is 11.5 Å². The predicted molar refractivity (Wildman–Crippen MR) is 105 cm³/mol. The number of esters is 1. The van der Waals surface area contributed by atoms with Crippen molar-refractivity contribution in [1.29, 1.82) is 0 Å². The molecule has 0 atom stereocenters. The molecule has 30 heavy (non-hydrogen) atoms. The Balaban J connectivity index is 1.54. The van der Waals surface area contributed by atoms with Crippen LogP contribution in [-0.2, 0) is 4.79 Å². The Morgan fingerprint density at radius 2 is 1.70 bits per heavy atom. The minimum absolute atomic E-state index is 0.111. The summed E-state index contributed by atoms with van der Waals surface area (Å²) in [6.07, 6.45) is 0. The minimum Gasteiger partial charge on any atom is -0.497 e. The fourth-order valence-corrected chi connectivity index (χ4v) is 3.30. The molecule has 1 aliphatic heterocycles. The van der Waals surface area contributed by atoms with Crippen LogP contribution >= 0.6 is 0 Å². The summed E-state index contributed by atoms with van der Waals surface area (Å²) in [5, 5.41) is 12.8. The number of nitro groups is 1. The van der Waals surface area contributed by atoms with E-state index in [1.54, 1.807) is 30.3 Å². The van der Waals surface area contributed by atoms with Gasteiger partial charge in [-0.25, -0.2) is 4.79 Å². The number of hydrogen-bond acceptors (Lipinski definition) is 7. The number of hydrogen-bond donors (Lipinski definition) is 0. The molecule has 4 rings (SSSR count). The average molecular weight is 406 g/mol. The summed E-state index contributed by atoms with van der Waals surface area (Å²) in [7, 11) is 1.54. The van der Waals surface area contributed by atoms with Crippen molar-refractivity contribution in [2.75, 3.05) is 13.7 Å². The maximum atomic E-state index is 12.5. The second kappa shape index (κ2) is 7.28. The Kier molecular flexibility index (Phi) is 4.63. The standard InChI is InChI=1S/C21H14N2O7/c1-29-14-7-5-12-6-8-15(10-13(12)9-14)30-18(24)11-22-20(25)16-3-2-4-17(23(27)28)19(16)21(22)26/h2-10H,11H2,1H3. The van der Waals surface area contributed by atoms with Crippen LogP contribution < -0.4 is 9.47 Å². The quantitative estimate of drug-likeness (QED) is 0.210. The Morgan fingerprint density at radius 3 is 2.40 bits per heavy atom. The first-order chi connectivity index (χ1) is 14.4. The highest BCUT2D eigenvalue weighted by atomic mass is 16.6. The maximum absolute atomic E-state index is 12.5. The van der Waals surface area contributed by atoms with Crippen LogP contribution in [0.3, 0.4) is 0 Å². The van der Waals surface area contributed by atoms with Gasteiger partial charge in [-0.1, -0.05) is 18.2 Å². The van der Waals surface area contributed by atoms with Crippen LogP contribution in [0.1, 0.15) is 20.7 Å². The van der Waals surface area contributed by atoms with Crippen molar-refractivity contribution in [2.45, 2.75) is 0 Å². The van der Waals surface area contributed by atoms with Crippen LogP contribution in [-0.4, -0.2) is 41.3 Å². The summed E-state index contributed by atoms with van der Waals surface area (Å²) in [5.41, 5.74) is -0.914. The first-order valence-corrected chi connectivity index (χ1v) is 8.81. The number of ether oxygens (including phenoxy) is 2. The van der Waals surface area contributed by atoms with E-state index in [-0.39, 0.29) is 16.9 Å². The zero-order chi connectivity index (χ0) is 21.4. The van der Waals surface area contributed by atoms with E-state index < -0.39 is 34.9 Å². The lowest BCUT2D eigenvalue weighted by Gasteiger charge is -2.13. The molecule has 3 aromatic rings. The van der Waals surface area contributed by atoms with E-state index >= 15 is 0 Å². The van der Waals surface area contributed by atoms with Crippen LogP contribution in [0, 0.1) is 10.1 Å². The van der Waals surface area contributed by atoms with Crippen molar-refractivity contribution in [3.05, 3.63) is 75.8 Å². The fraction of sp³-hybridized carbons (Fsp3) is 0.0952. The van der Waals surface area contributed by atoms with E-state index in [4.69, 9.17) is 9.47 Å². The Bertz CT molecular complexity index is 1240. The summed E-state index contributed by atoms with van der Waals surface area (Å²) >= 11 is 0. The van der Waals surface area contributed by atoms with Gasteiger partial charge in [0.2, 0.25) is 0 Å². The van der Waals surface area contributed by atoms with Gasteiger partial charge in [-0.05, 0) is 41.1 Å². The molecule has 0 N–H and O–H groups in total. The zero-order valence-electron chi connectivity index (χ0n) is 15.7. The number of imide groups is 1. The zero-order valence-corrected chi connectivity index (χ0v) is 15.7. The SMILES string of the molecule is COc1ccc2ccc(OC(=O)CN3C(=O)c4cccc([N+](=O)[O-])c4C3=O)cc2c1. The van der Waals surface area contributed by atoms with Gasteiger partial charge in [0.1, 0.15) is 23.6 Å². The largest absolute Gasteiger partial charge is 0.497 e. The monoisotopic (exact) mass is 406 g/mol. The molecule has 0 bridgehead atoms. The van der Waals surface area contributed by atoms with Crippen LogP contribution in [0.4, 0.5) is 5.69 Å². The minimum atomic E-state index is -0.900. The van der Waals surface area contributed by atoms with Crippen molar-refractivity contribution in [1.82, 2.24) is 4.90 Å². The Hall–Kier alpha value is -4.27. The number of carbonyl (C=O) groups excluding carboxylic acids is 3. The van der Waals surface area contributed by atoms with E-state index in [0.29, 0.717) is 10.6 Å². The molecule has 2 amide bonds. The molecule has 0 aliphatic carbocycles. The number of methoxy groups -OCH3 is 1. The topological polar surface area (TPSA) is 116 Å². The van der Waals surface area contributed by atoms with Gasteiger partial charge in [0.05, 0.1) is 17.6 Å². The van der Waals surface area contributed by atoms with Crippen LogP contribution in [0.2, 0.25) is 0 Å². The van der Waals surface area contributed by atoms with Gasteiger partial charge in [0, 0.05) is 6.07 Å². The third-order valence-corrected chi connectivity index (χ3v) is 4.71. The number of carbonyl (C=O) groups is 3. The predicted octanol–water partition coefficient (Wildman–Crippen LogP) is 2.96. The molecule has 1 aliphatic rings. The summed E-state index contributed by atoms with van der Waals surface area (Å²) in [4.78, 5) is 48.4. The first kappa shape index (κ1) is 19.1. The summed E-state index contributed by atoms with van der Waals surface area (Å²) < 4.78 is 10.4. The van der Waals surface area contributed by atoms with E-state index in [0.717, 1.165) is 16.8 Å². The van der Waals surface area contributed by atoms with Gasteiger partial charge >= 0.3 is 5.97 Å². The number of nitro benzene ring substituents is 1. The Labute approximate surface area is 169 Å². The van der Waals surface area contributed by atoms with Crippen LogP contribution in [0.25, 0.3) is 10.8 Å². The lowest BCUT2D eigenvalue weighted by Crippen LogP contribution is -2.36. The molecule has 9 nitrogen and oxygen atoms in total. The molecule has 0 saturated heterocycles. The molecule has 0 unspecified atom stereocenters. The normalized spacial score (nSPS) is 12.8. The van der Waals surface area contributed by atoms with E-state index in [1.807, 2.05) is 6.07 Å². The summed E-state index contributed by atoms with van der Waals surface area (Å²) in [6, 6.07) is 14.1. The van der Waals surface area contributed by atoms with Gasteiger partial charge < -0.3 is 9.47 Å². The molecule has 9 heteroatoms. The molecule has 3 aromatic carbocycles. The highest BCUT2D eigenvalue weighted by Crippen LogP contribution is 2.31. The van der Waals surface area contributed by atoms with Crippen molar-refractivity contribution < 1.29 is 28.8 Å². The molecule has 0 radical (unpaired) electrons. The third-order valence-electron chi connectivity index (χ3n) is 4.71. The second-order valence-corrected chi connectivity index (χ2v) is 6.50. The molecule has 0 fully saturated rings. The Morgan fingerprint density at radius 1 is 1.00 bits per heavy atom. The smallest absolute Gasteiger partial charge is 0.331 e. The molecular weight excluding hydrogens is 392 g/mol. The third kappa shape index (κ3) is 3.22. The van der Waals surface area contributed by atoms with E-state index in [2.05, 4.69) is 0 Å². The fourth-order valence-electron chi connectivity index (χ4n) is 3.30. The van der Waals surface area contributed by atoms with Gasteiger partial charge in [-0.3, -0.25) is 24.6 Å². The molecule has 0 aromatic heterocycles. The number of nitrogens with zero attached hydrogens (tertiary/aromatic N) is 2. The summed E-state index contributed by atoms with van der Waals surface area (Å²) in [6.45, 7) is -0.667. The molecule has 1 heterocycles. The molecule has 150 valence electrons. The second-order valence-electron chi connectivity index (χ2n) is 6.50. The van der Waals surface area contributed by atoms with E-state index in [1.165, 1.54) is 19.2 Å². The molecule has 0 spiro atoms. The number of amides is 2. The molecule has 0 saturated carbocycles. The number of benzene rings is 3. The first-order valence-electron chi connectivity index (χ1n) is 8.81. The highest BCUT2D eigenvalue weighted by Gasteiger charge is 2.41. The van der Waals surface area contributed by atoms with Crippen molar-refractivity contribution >= 4 is 34.2 Å².